The number of fused-ring (bicyclic) bond motifs is 1. The molecule has 9 heteroatoms. The van der Waals surface area contributed by atoms with Crippen molar-refractivity contribution in [1.29, 1.82) is 0 Å². The lowest BCUT2D eigenvalue weighted by molar-refractivity contribution is 0.636. The van der Waals surface area contributed by atoms with Gasteiger partial charge in [-0.15, -0.1) is 32.9 Å². The van der Waals surface area contributed by atoms with Gasteiger partial charge in [0.15, 0.2) is 5.16 Å². The van der Waals surface area contributed by atoms with Crippen LogP contribution in [-0.4, -0.2) is 24.7 Å². The second-order valence-electron chi connectivity index (χ2n) is 6.33. The molecular formula is C18H20N6S3. The van der Waals surface area contributed by atoms with E-state index in [1.807, 2.05) is 0 Å². The first-order valence-corrected chi connectivity index (χ1v) is 11.2. The van der Waals surface area contributed by atoms with Crippen LogP contribution in [0.2, 0.25) is 0 Å². The second-order valence-corrected chi connectivity index (χ2v) is 9.87. The third kappa shape index (κ3) is 3.71. The molecule has 4 heterocycles. The highest BCUT2D eigenvalue weighted by Gasteiger charge is 2.19. The fourth-order valence-electron chi connectivity index (χ4n) is 2.86. The van der Waals surface area contributed by atoms with Crippen molar-refractivity contribution in [2.75, 3.05) is 5.73 Å². The van der Waals surface area contributed by atoms with Gasteiger partial charge in [-0.1, -0.05) is 17.8 Å². The summed E-state index contributed by atoms with van der Waals surface area (Å²) in [4.78, 5) is 12.9. The molecule has 6 nitrogen and oxygen atoms in total. The summed E-state index contributed by atoms with van der Waals surface area (Å²) in [5.41, 5.74) is 7.40. The predicted molar refractivity (Wildman–Crippen MR) is 114 cm³/mol. The Morgan fingerprint density at radius 1 is 1.30 bits per heavy atom. The lowest BCUT2D eigenvalue weighted by atomic mass is 10.2. The number of aryl methyl sites for hydroxylation is 4. The molecule has 4 rings (SSSR count). The Bertz CT molecular complexity index is 1070. The zero-order valence-corrected chi connectivity index (χ0v) is 17.8. The smallest absolute Gasteiger partial charge is 0.191 e. The van der Waals surface area contributed by atoms with Gasteiger partial charge in [0.05, 0.1) is 10.6 Å². The van der Waals surface area contributed by atoms with Crippen molar-refractivity contribution < 1.29 is 0 Å². The molecule has 0 aliphatic heterocycles. The molecule has 27 heavy (non-hydrogen) atoms. The van der Waals surface area contributed by atoms with Crippen molar-refractivity contribution in [2.45, 2.75) is 44.1 Å². The van der Waals surface area contributed by atoms with Gasteiger partial charge in [-0.3, -0.25) is 0 Å². The highest BCUT2D eigenvalue weighted by atomic mass is 32.2. The highest BCUT2D eigenvalue weighted by molar-refractivity contribution is 7.99. The third-order valence-electron chi connectivity index (χ3n) is 4.48. The van der Waals surface area contributed by atoms with Crippen molar-refractivity contribution in [3.05, 3.63) is 45.0 Å². The first kappa shape index (κ1) is 18.4. The minimum atomic E-state index is 0.0316. The van der Waals surface area contributed by atoms with Crippen LogP contribution in [0.5, 0.6) is 0 Å². The normalized spacial score (nSPS) is 12.7. The molecule has 0 aromatic carbocycles. The van der Waals surface area contributed by atoms with Gasteiger partial charge in [0.25, 0.3) is 0 Å². The van der Waals surface area contributed by atoms with Gasteiger partial charge >= 0.3 is 0 Å². The van der Waals surface area contributed by atoms with E-state index in [4.69, 9.17) is 10.7 Å². The van der Waals surface area contributed by atoms with Crippen LogP contribution >= 0.6 is 34.4 Å². The number of thioether (sulfide) groups is 1. The van der Waals surface area contributed by atoms with Crippen LogP contribution in [0.3, 0.4) is 0 Å². The van der Waals surface area contributed by atoms with Gasteiger partial charge in [0.1, 0.15) is 22.8 Å². The van der Waals surface area contributed by atoms with E-state index in [9.17, 15) is 0 Å². The van der Waals surface area contributed by atoms with E-state index in [1.54, 1.807) is 40.8 Å². The van der Waals surface area contributed by atoms with Crippen LogP contribution in [0.4, 0.5) is 5.82 Å². The molecule has 0 saturated carbocycles. The largest absolute Gasteiger partial charge is 0.383 e. The molecule has 0 amide bonds. The molecular weight excluding hydrogens is 396 g/mol. The summed E-state index contributed by atoms with van der Waals surface area (Å²) in [5, 5.41) is 12.4. The molecule has 4 aromatic rings. The Hall–Kier alpha value is -1.97. The zero-order valence-electron chi connectivity index (χ0n) is 15.3. The topological polar surface area (TPSA) is 82.5 Å². The van der Waals surface area contributed by atoms with Gasteiger partial charge in [-0.2, -0.15) is 0 Å². The standard InChI is InChI=1S/C18H20N6S3/c1-10-11(2)26-17-14(10)15(19)21-16(22-17)12(3)27-18-23-20-9-24(18)7-6-13-5-4-8-25-13/h4-5,8-9,12H,6-7H2,1-3H3,(H2,19,21,22). The van der Waals surface area contributed by atoms with E-state index in [2.05, 4.69) is 58.0 Å². The fourth-order valence-corrected chi connectivity index (χ4v) is 5.50. The van der Waals surface area contributed by atoms with E-state index in [1.165, 1.54) is 15.3 Å². The lowest BCUT2D eigenvalue weighted by Crippen LogP contribution is -2.05. The number of nitrogens with two attached hydrogens (primary N) is 1. The van der Waals surface area contributed by atoms with E-state index in [0.29, 0.717) is 5.82 Å². The summed E-state index contributed by atoms with van der Waals surface area (Å²) in [6.07, 6.45) is 2.76. The first-order valence-electron chi connectivity index (χ1n) is 8.63. The van der Waals surface area contributed by atoms with E-state index >= 15 is 0 Å². The maximum Gasteiger partial charge on any atom is 0.191 e. The summed E-state index contributed by atoms with van der Waals surface area (Å²) < 4.78 is 2.09. The Balaban J connectivity index is 1.53. The molecule has 0 saturated heterocycles. The fraction of sp³-hybridized carbons (Fsp3) is 0.333. The van der Waals surface area contributed by atoms with Gasteiger partial charge < -0.3 is 10.3 Å². The molecule has 2 N–H and O–H groups in total. The maximum atomic E-state index is 6.23. The molecule has 0 aliphatic carbocycles. The molecule has 0 fully saturated rings. The monoisotopic (exact) mass is 416 g/mol. The van der Waals surface area contributed by atoms with Crippen LogP contribution in [-0.2, 0) is 13.0 Å². The number of hydrogen-bond acceptors (Lipinski definition) is 8. The number of hydrogen-bond donors (Lipinski definition) is 1. The first-order chi connectivity index (χ1) is 13.0. The summed E-state index contributed by atoms with van der Waals surface area (Å²) >= 11 is 5.06. The molecule has 0 spiro atoms. The van der Waals surface area contributed by atoms with Gasteiger partial charge in [0, 0.05) is 16.3 Å². The summed E-state index contributed by atoms with van der Waals surface area (Å²) in [6, 6.07) is 4.23. The number of nitrogens with zero attached hydrogens (tertiary/aromatic N) is 5. The van der Waals surface area contributed by atoms with Crippen molar-refractivity contribution in [3.8, 4) is 0 Å². The Morgan fingerprint density at radius 2 is 2.15 bits per heavy atom. The van der Waals surface area contributed by atoms with E-state index < -0.39 is 0 Å². The molecule has 1 atom stereocenters. The van der Waals surface area contributed by atoms with Crippen LogP contribution in [0, 0.1) is 13.8 Å². The maximum absolute atomic E-state index is 6.23. The lowest BCUT2D eigenvalue weighted by Gasteiger charge is -2.11. The van der Waals surface area contributed by atoms with Gasteiger partial charge in [0.2, 0.25) is 0 Å². The van der Waals surface area contributed by atoms with Gasteiger partial charge in [-0.25, -0.2) is 9.97 Å². The molecule has 0 radical (unpaired) electrons. The average molecular weight is 417 g/mol. The molecule has 0 aliphatic rings. The van der Waals surface area contributed by atoms with E-state index in [-0.39, 0.29) is 5.25 Å². The number of nitrogen functional groups attached to an aromatic ring is 1. The SMILES string of the molecule is Cc1sc2nc(C(C)Sc3nncn3CCc3cccs3)nc(N)c2c1C. The molecule has 140 valence electrons. The Kier molecular flexibility index (Phi) is 5.16. The Morgan fingerprint density at radius 3 is 2.93 bits per heavy atom. The van der Waals surface area contributed by atoms with Crippen molar-refractivity contribution in [2.24, 2.45) is 0 Å². The predicted octanol–water partition coefficient (Wildman–Crippen LogP) is 4.64. The van der Waals surface area contributed by atoms with Crippen LogP contribution in [0.1, 0.15) is 33.3 Å². The van der Waals surface area contributed by atoms with Crippen molar-refractivity contribution >= 4 is 50.5 Å². The molecule has 1 unspecified atom stereocenters. The van der Waals surface area contributed by atoms with Crippen LogP contribution < -0.4 is 5.73 Å². The van der Waals surface area contributed by atoms with Gasteiger partial charge in [-0.05, 0) is 44.2 Å². The molecule has 4 aromatic heterocycles. The minimum absolute atomic E-state index is 0.0316. The summed E-state index contributed by atoms with van der Waals surface area (Å²) in [7, 11) is 0. The summed E-state index contributed by atoms with van der Waals surface area (Å²) in [5.74, 6) is 1.29. The number of anilines is 1. The number of aromatic nitrogens is 5. The average Bonchev–Trinajstić information content (AvgIpc) is 3.35. The Labute approximate surface area is 169 Å². The number of thiophene rings is 2. The summed E-state index contributed by atoms with van der Waals surface area (Å²) in [6.45, 7) is 7.10. The van der Waals surface area contributed by atoms with E-state index in [0.717, 1.165) is 34.2 Å². The zero-order chi connectivity index (χ0) is 19.0. The second kappa shape index (κ2) is 7.57. The third-order valence-corrected chi connectivity index (χ3v) is 7.61. The van der Waals surface area contributed by atoms with Crippen molar-refractivity contribution in [1.82, 2.24) is 24.7 Å². The van der Waals surface area contributed by atoms with Crippen LogP contribution in [0.15, 0.2) is 29.0 Å². The minimum Gasteiger partial charge on any atom is -0.383 e. The number of rotatable bonds is 6. The quantitative estimate of drug-likeness (QED) is 0.461. The molecule has 0 bridgehead atoms. The highest BCUT2D eigenvalue weighted by Crippen LogP contribution is 2.36. The van der Waals surface area contributed by atoms with Crippen molar-refractivity contribution in [3.63, 3.8) is 0 Å². The van der Waals surface area contributed by atoms with Crippen LogP contribution in [0.25, 0.3) is 10.2 Å².